The normalized spacial score (nSPS) is 17.2. The van der Waals surface area contributed by atoms with Crippen molar-refractivity contribution in [3.05, 3.63) is 192 Å². The lowest BCUT2D eigenvalue weighted by atomic mass is 9.91. The molecule has 1 N–H and O–H groups in total. The molecule has 248 valence electrons. The summed E-state index contributed by atoms with van der Waals surface area (Å²) in [5.41, 5.74) is 10.8. The van der Waals surface area contributed by atoms with Crippen LogP contribution < -0.4 is 5.32 Å². The van der Waals surface area contributed by atoms with Gasteiger partial charge >= 0.3 is 0 Å². The van der Waals surface area contributed by atoms with Gasteiger partial charge in [-0.1, -0.05) is 133 Å². The van der Waals surface area contributed by atoms with E-state index in [-0.39, 0.29) is 12.0 Å². The molecule has 0 saturated heterocycles. The Balaban J connectivity index is 0.965. The zero-order valence-corrected chi connectivity index (χ0v) is 29.1. The first kappa shape index (κ1) is 30.5. The molecule has 10 rings (SSSR count). The topological polar surface area (TPSA) is 50.4 Å². The summed E-state index contributed by atoms with van der Waals surface area (Å²) >= 11 is 1.85. The predicted molar refractivity (Wildman–Crippen MR) is 217 cm³/mol. The molecule has 3 heterocycles. The fourth-order valence-electron chi connectivity index (χ4n) is 7.31. The third-order valence-electron chi connectivity index (χ3n) is 10.1. The number of amidine groups is 1. The molecule has 2 aromatic heterocycles. The number of hydrogen-bond acceptors (Lipinski definition) is 5. The number of aromatic nitrogens is 1. The van der Waals surface area contributed by atoms with Crippen LogP contribution >= 0.6 is 11.3 Å². The fraction of sp³-hybridized carbons (Fsp3) is 0.0638. The van der Waals surface area contributed by atoms with Crippen molar-refractivity contribution >= 4 is 54.1 Å². The van der Waals surface area contributed by atoms with E-state index in [1.165, 1.54) is 48.0 Å². The van der Waals surface area contributed by atoms with E-state index in [0.29, 0.717) is 0 Å². The maximum absolute atomic E-state index is 6.12. The number of allylic oxidation sites excluding steroid dienone is 2. The number of fused-ring (bicyclic) bond motifs is 4. The van der Waals surface area contributed by atoms with Crippen molar-refractivity contribution in [3.63, 3.8) is 0 Å². The average molecular weight is 688 g/mol. The minimum Gasteiger partial charge on any atom is -0.440 e. The molecule has 0 amide bonds. The van der Waals surface area contributed by atoms with E-state index in [0.717, 1.165) is 46.1 Å². The van der Waals surface area contributed by atoms with Gasteiger partial charge in [0.15, 0.2) is 5.58 Å². The summed E-state index contributed by atoms with van der Waals surface area (Å²) in [6.07, 6.45) is 9.80. The van der Waals surface area contributed by atoms with E-state index in [4.69, 9.17) is 14.4 Å². The van der Waals surface area contributed by atoms with Crippen molar-refractivity contribution in [2.24, 2.45) is 4.99 Å². The molecule has 2 atom stereocenters. The second-order valence-corrected chi connectivity index (χ2v) is 14.5. The summed E-state index contributed by atoms with van der Waals surface area (Å²) in [6, 6.07) is 51.4. The van der Waals surface area contributed by atoms with Crippen LogP contribution in [0, 0.1) is 0 Å². The number of rotatable bonds is 6. The molecule has 4 nitrogen and oxygen atoms in total. The van der Waals surface area contributed by atoms with Gasteiger partial charge < -0.3 is 9.73 Å². The number of oxazole rings is 1. The molecule has 2 unspecified atom stereocenters. The summed E-state index contributed by atoms with van der Waals surface area (Å²) in [4.78, 5) is 9.99. The van der Waals surface area contributed by atoms with Gasteiger partial charge in [-0.15, -0.1) is 11.3 Å². The number of nitrogens with zero attached hydrogens (tertiary/aromatic N) is 2. The van der Waals surface area contributed by atoms with Gasteiger partial charge in [-0.2, -0.15) is 0 Å². The fourth-order valence-corrected chi connectivity index (χ4v) is 8.40. The maximum Gasteiger partial charge on any atom is 0.202 e. The molecule has 5 heteroatoms. The zero-order valence-electron chi connectivity index (χ0n) is 28.2. The van der Waals surface area contributed by atoms with Gasteiger partial charge in [0.25, 0.3) is 0 Å². The number of benzene rings is 6. The molecule has 8 aromatic rings. The molecule has 0 radical (unpaired) electrons. The van der Waals surface area contributed by atoms with Crippen molar-refractivity contribution in [3.8, 4) is 22.3 Å². The Morgan fingerprint density at radius 2 is 1.29 bits per heavy atom. The molecular formula is C47H33N3OS. The van der Waals surface area contributed by atoms with Crippen LogP contribution in [0.2, 0.25) is 0 Å². The number of para-hydroxylation sites is 2. The van der Waals surface area contributed by atoms with E-state index >= 15 is 0 Å². The zero-order chi connectivity index (χ0) is 34.4. The summed E-state index contributed by atoms with van der Waals surface area (Å²) in [5.74, 6) is 1.71. The molecule has 0 fully saturated rings. The molecule has 52 heavy (non-hydrogen) atoms. The van der Waals surface area contributed by atoms with Gasteiger partial charge in [0.2, 0.25) is 5.89 Å². The minimum atomic E-state index is -0.0499. The van der Waals surface area contributed by atoms with Crippen molar-refractivity contribution in [1.29, 1.82) is 0 Å². The molecule has 2 aliphatic rings. The van der Waals surface area contributed by atoms with Crippen molar-refractivity contribution in [1.82, 2.24) is 10.3 Å². The lowest BCUT2D eigenvalue weighted by Crippen LogP contribution is -2.38. The highest BCUT2D eigenvalue weighted by Gasteiger charge is 2.24. The molecular weight excluding hydrogens is 655 g/mol. The van der Waals surface area contributed by atoms with Crippen LogP contribution in [-0.2, 0) is 0 Å². The Bertz CT molecular complexity index is 2700. The van der Waals surface area contributed by atoms with Gasteiger partial charge in [0.1, 0.15) is 11.4 Å². The van der Waals surface area contributed by atoms with E-state index in [1.54, 1.807) is 0 Å². The summed E-state index contributed by atoms with van der Waals surface area (Å²) in [5, 5.41) is 6.39. The average Bonchev–Trinajstić information content (AvgIpc) is 3.83. The molecule has 6 aromatic carbocycles. The Hall–Kier alpha value is -6.30. The van der Waals surface area contributed by atoms with Crippen LogP contribution in [0.15, 0.2) is 185 Å². The van der Waals surface area contributed by atoms with Gasteiger partial charge in [0.05, 0.1) is 17.7 Å². The molecule has 0 saturated carbocycles. The van der Waals surface area contributed by atoms with E-state index in [1.807, 2.05) is 35.6 Å². The number of aliphatic imine (C=N–C) groups is 1. The van der Waals surface area contributed by atoms with E-state index < -0.39 is 0 Å². The van der Waals surface area contributed by atoms with Gasteiger partial charge in [-0.25, -0.2) is 9.98 Å². The van der Waals surface area contributed by atoms with Crippen LogP contribution in [0.25, 0.3) is 59.2 Å². The van der Waals surface area contributed by atoms with Crippen molar-refractivity contribution < 1.29 is 4.42 Å². The molecule has 0 bridgehead atoms. The molecule has 1 aliphatic carbocycles. The highest BCUT2D eigenvalue weighted by atomic mass is 32.1. The SMILES string of the molecule is C1=CC(c2nc3ccccc3o2)CC=C1C1C=C(c2ccc(-c3ccccc3)cc2)N=C(c2ccc(-c3ccc4sc5ccccc5c4c3)cc2)N1. The Morgan fingerprint density at radius 3 is 2.10 bits per heavy atom. The van der Waals surface area contributed by atoms with Crippen LogP contribution in [0.3, 0.4) is 0 Å². The highest BCUT2D eigenvalue weighted by Crippen LogP contribution is 2.37. The summed E-state index contributed by atoms with van der Waals surface area (Å²) < 4.78 is 8.76. The van der Waals surface area contributed by atoms with Gasteiger partial charge in [-0.05, 0) is 76.2 Å². The van der Waals surface area contributed by atoms with Crippen LogP contribution in [0.4, 0.5) is 0 Å². The number of hydrogen-bond donors (Lipinski definition) is 1. The Morgan fingerprint density at radius 1 is 0.615 bits per heavy atom. The van der Waals surface area contributed by atoms with Gasteiger partial charge in [0, 0.05) is 25.7 Å². The number of thiophene rings is 1. The maximum atomic E-state index is 6.12. The third kappa shape index (κ3) is 5.66. The summed E-state index contributed by atoms with van der Waals surface area (Å²) in [6.45, 7) is 0. The van der Waals surface area contributed by atoms with Crippen molar-refractivity contribution in [2.45, 2.75) is 18.4 Å². The monoisotopic (exact) mass is 687 g/mol. The van der Waals surface area contributed by atoms with Crippen LogP contribution in [0.5, 0.6) is 0 Å². The Labute approximate surface area is 305 Å². The van der Waals surface area contributed by atoms with Crippen LogP contribution in [0.1, 0.15) is 29.4 Å². The van der Waals surface area contributed by atoms with Crippen LogP contribution in [-0.4, -0.2) is 16.9 Å². The molecule has 0 spiro atoms. The largest absolute Gasteiger partial charge is 0.440 e. The number of nitrogens with one attached hydrogen (secondary N) is 1. The standard InChI is InChI=1S/C47H33N3OS/c1-2-8-30(9-3-1)31-14-18-33(19-15-31)41-29-42(34-20-24-36(25-21-34)47-50-40-11-5-6-12-43(40)51-47)49-46(48-41)35-22-16-32(17-23-35)37-26-27-45-39(28-37)38-10-4-7-13-44(38)52-45/h1-24,26-29,36,42H,25H2,(H,48,49). The van der Waals surface area contributed by atoms with Gasteiger partial charge in [-0.3, -0.25) is 0 Å². The van der Waals surface area contributed by atoms with E-state index in [2.05, 4.69) is 151 Å². The van der Waals surface area contributed by atoms with E-state index in [9.17, 15) is 0 Å². The predicted octanol–water partition coefficient (Wildman–Crippen LogP) is 12.0. The quantitative estimate of drug-likeness (QED) is 0.189. The lowest BCUT2D eigenvalue weighted by Gasteiger charge is -2.27. The first-order chi connectivity index (χ1) is 25.7. The third-order valence-corrected chi connectivity index (χ3v) is 11.3. The smallest absolute Gasteiger partial charge is 0.202 e. The summed E-state index contributed by atoms with van der Waals surface area (Å²) in [7, 11) is 0. The molecule has 1 aliphatic heterocycles. The Kier molecular flexibility index (Phi) is 7.51. The minimum absolute atomic E-state index is 0.0499. The van der Waals surface area contributed by atoms with Crippen molar-refractivity contribution in [2.75, 3.05) is 0 Å². The lowest BCUT2D eigenvalue weighted by molar-refractivity contribution is 0.503. The highest BCUT2D eigenvalue weighted by molar-refractivity contribution is 7.25. The second-order valence-electron chi connectivity index (χ2n) is 13.4. The second kappa shape index (κ2) is 12.8. The first-order valence-corrected chi connectivity index (χ1v) is 18.5. The first-order valence-electron chi connectivity index (χ1n) is 17.7.